The lowest BCUT2D eigenvalue weighted by atomic mass is 10.1. The fraction of sp³-hybridized carbons (Fsp3) is 0.273. The van der Waals surface area contributed by atoms with Gasteiger partial charge in [-0.15, -0.1) is 0 Å². The number of halogens is 1. The number of ether oxygens (including phenoxy) is 1. The van der Waals surface area contributed by atoms with Crippen molar-refractivity contribution in [3.63, 3.8) is 0 Å². The monoisotopic (exact) mass is 196 g/mol. The van der Waals surface area contributed by atoms with E-state index in [1.54, 1.807) is 0 Å². The second-order valence-electron chi connectivity index (χ2n) is 2.77. The SMILES string of the molecule is C=C(Cl)COc1ccccc1CC. The minimum absolute atomic E-state index is 0.374. The first-order valence-electron chi connectivity index (χ1n) is 4.28. The highest BCUT2D eigenvalue weighted by Crippen LogP contribution is 2.18. The maximum atomic E-state index is 5.60. The van der Waals surface area contributed by atoms with Crippen LogP contribution in [0.5, 0.6) is 5.75 Å². The molecular weight excluding hydrogens is 184 g/mol. The zero-order valence-electron chi connectivity index (χ0n) is 7.72. The summed E-state index contributed by atoms with van der Waals surface area (Å²) in [6.07, 6.45) is 0.963. The average Bonchev–Trinajstić information content (AvgIpc) is 2.15. The Bertz CT molecular complexity index is 294. The van der Waals surface area contributed by atoms with Gasteiger partial charge in [-0.2, -0.15) is 0 Å². The van der Waals surface area contributed by atoms with Crippen LogP contribution in [-0.2, 0) is 6.42 Å². The Hall–Kier alpha value is -0.950. The maximum absolute atomic E-state index is 5.60. The lowest BCUT2D eigenvalue weighted by molar-refractivity contribution is 0.356. The van der Waals surface area contributed by atoms with E-state index in [2.05, 4.69) is 13.5 Å². The molecule has 0 saturated carbocycles. The molecule has 1 aromatic carbocycles. The molecule has 0 aromatic heterocycles. The van der Waals surface area contributed by atoms with Gasteiger partial charge in [0.1, 0.15) is 12.4 Å². The van der Waals surface area contributed by atoms with E-state index in [0.29, 0.717) is 11.6 Å². The summed E-state index contributed by atoms with van der Waals surface area (Å²) < 4.78 is 5.46. The third-order valence-corrected chi connectivity index (χ3v) is 1.85. The molecule has 0 radical (unpaired) electrons. The lowest BCUT2D eigenvalue weighted by Gasteiger charge is -2.08. The minimum Gasteiger partial charge on any atom is -0.488 e. The molecule has 70 valence electrons. The van der Waals surface area contributed by atoms with Gasteiger partial charge >= 0.3 is 0 Å². The van der Waals surface area contributed by atoms with Crippen molar-refractivity contribution in [2.75, 3.05) is 6.61 Å². The van der Waals surface area contributed by atoms with Crippen LogP contribution in [0.3, 0.4) is 0 Å². The molecule has 0 amide bonds. The zero-order valence-corrected chi connectivity index (χ0v) is 8.47. The first-order valence-corrected chi connectivity index (χ1v) is 4.65. The van der Waals surface area contributed by atoms with E-state index in [0.717, 1.165) is 12.2 Å². The normalized spacial score (nSPS) is 9.69. The van der Waals surface area contributed by atoms with Crippen LogP contribution in [0.2, 0.25) is 0 Å². The predicted molar refractivity (Wildman–Crippen MR) is 56.3 cm³/mol. The van der Waals surface area contributed by atoms with E-state index >= 15 is 0 Å². The van der Waals surface area contributed by atoms with Crippen LogP contribution in [0.15, 0.2) is 35.9 Å². The van der Waals surface area contributed by atoms with Crippen molar-refractivity contribution in [2.24, 2.45) is 0 Å². The molecule has 0 spiro atoms. The smallest absolute Gasteiger partial charge is 0.123 e. The fourth-order valence-electron chi connectivity index (χ4n) is 1.09. The van der Waals surface area contributed by atoms with E-state index in [4.69, 9.17) is 16.3 Å². The van der Waals surface area contributed by atoms with Gasteiger partial charge in [-0.3, -0.25) is 0 Å². The van der Waals surface area contributed by atoms with Crippen molar-refractivity contribution in [3.05, 3.63) is 41.4 Å². The Morgan fingerprint density at radius 3 is 2.77 bits per heavy atom. The molecule has 0 N–H and O–H groups in total. The van der Waals surface area contributed by atoms with Crippen molar-refractivity contribution in [3.8, 4) is 5.75 Å². The van der Waals surface area contributed by atoms with Gasteiger partial charge < -0.3 is 4.74 Å². The Balaban J connectivity index is 2.69. The zero-order chi connectivity index (χ0) is 9.68. The molecular formula is C11H13ClO. The van der Waals surface area contributed by atoms with Crippen molar-refractivity contribution >= 4 is 11.6 Å². The van der Waals surface area contributed by atoms with E-state index in [1.807, 2.05) is 24.3 Å². The van der Waals surface area contributed by atoms with Gasteiger partial charge in [0.05, 0.1) is 0 Å². The van der Waals surface area contributed by atoms with Gasteiger partial charge in [0.25, 0.3) is 0 Å². The van der Waals surface area contributed by atoms with Crippen LogP contribution in [-0.4, -0.2) is 6.61 Å². The van der Waals surface area contributed by atoms with Crippen LogP contribution in [0.25, 0.3) is 0 Å². The molecule has 0 atom stereocenters. The van der Waals surface area contributed by atoms with E-state index < -0.39 is 0 Å². The third kappa shape index (κ3) is 3.11. The second kappa shape index (κ2) is 4.93. The topological polar surface area (TPSA) is 9.23 Å². The number of benzene rings is 1. The maximum Gasteiger partial charge on any atom is 0.123 e. The summed E-state index contributed by atoms with van der Waals surface area (Å²) in [7, 11) is 0. The third-order valence-electron chi connectivity index (χ3n) is 1.74. The van der Waals surface area contributed by atoms with Crippen LogP contribution in [0.4, 0.5) is 0 Å². The van der Waals surface area contributed by atoms with Gasteiger partial charge in [-0.25, -0.2) is 0 Å². The molecule has 1 nitrogen and oxygen atoms in total. The Morgan fingerprint density at radius 1 is 1.46 bits per heavy atom. The van der Waals surface area contributed by atoms with Gasteiger partial charge in [0, 0.05) is 5.03 Å². The summed E-state index contributed by atoms with van der Waals surface area (Å²) in [4.78, 5) is 0. The predicted octanol–water partition coefficient (Wildman–Crippen LogP) is 3.38. The number of aryl methyl sites for hydroxylation is 1. The molecule has 0 fully saturated rings. The number of rotatable bonds is 4. The summed E-state index contributed by atoms with van der Waals surface area (Å²) >= 11 is 5.60. The van der Waals surface area contributed by atoms with E-state index in [-0.39, 0.29) is 0 Å². The largest absolute Gasteiger partial charge is 0.488 e. The fourth-order valence-corrected chi connectivity index (χ4v) is 1.15. The van der Waals surface area contributed by atoms with Crippen molar-refractivity contribution in [1.29, 1.82) is 0 Å². The summed E-state index contributed by atoms with van der Waals surface area (Å²) in [6.45, 7) is 6.03. The standard InChI is InChI=1S/C11H13ClO/c1-3-10-6-4-5-7-11(10)13-8-9(2)12/h4-7H,2-3,8H2,1H3. The lowest BCUT2D eigenvalue weighted by Crippen LogP contribution is -1.98. The number of para-hydroxylation sites is 1. The highest BCUT2D eigenvalue weighted by atomic mass is 35.5. The first-order chi connectivity index (χ1) is 6.24. The molecule has 0 saturated heterocycles. The van der Waals surface area contributed by atoms with E-state index in [1.165, 1.54) is 5.56 Å². The summed E-state index contributed by atoms with van der Waals surface area (Å²) in [5.74, 6) is 0.895. The highest BCUT2D eigenvalue weighted by molar-refractivity contribution is 6.29. The summed E-state index contributed by atoms with van der Waals surface area (Å²) in [6, 6.07) is 7.94. The Kier molecular flexibility index (Phi) is 3.84. The molecule has 1 aromatic rings. The van der Waals surface area contributed by atoms with Gasteiger partial charge in [0.2, 0.25) is 0 Å². The molecule has 13 heavy (non-hydrogen) atoms. The minimum atomic E-state index is 0.374. The molecule has 0 aliphatic heterocycles. The molecule has 0 heterocycles. The van der Waals surface area contributed by atoms with Gasteiger partial charge in [-0.1, -0.05) is 43.3 Å². The molecule has 0 bridgehead atoms. The van der Waals surface area contributed by atoms with Crippen molar-refractivity contribution in [1.82, 2.24) is 0 Å². The number of hydrogen-bond acceptors (Lipinski definition) is 1. The highest BCUT2D eigenvalue weighted by Gasteiger charge is 1.99. The van der Waals surface area contributed by atoms with E-state index in [9.17, 15) is 0 Å². The van der Waals surface area contributed by atoms with Crippen molar-refractivity contribution in [2.45, 2.75) is 13.3 Å². The van der Waals surface area contributed by atoms with Gasteiger partial charge in [0.15, 0.2) is 0 Å². The molecule has 2 heteroatoms. The van der Waals surface area contributed by atoms with Gasteiger partial charge in [-0.05, 0) is 18.1 Å². The van der Waals surface area contributed by atoms with Crippen molar-refractivity contribution < 1.29 is 4.74 Å². The average molecular weight is 197 g/mol. The van der Waals surface area contributed by atoms with Crippen LogP contribution in [0.1, 0.15) is 12.5 Å². The summed E-state index contributed by atoms with van der Waals surface area (Å²) in [5, 5.41) is 0.519. The Labute approximate surface area is 84.0 Å². The Morgan fingerprint density at radius 2 is 2.15 bits per heavy atom. The molecule has 1 rings (SSSR count). The van der Waals surface area contributed by atoms with Crippen LogP contribution >= 0.6 is 11.6 Å². The second-order valence-corrected chi connectivity index (χ2v) is 3.30. The quantitative estimate of drug-likeness (QED) is 0.718. The summed E-state index contributed by atoms with van der Waals surface area (Å²) in [5.41, 5.74) is 1.19. The van der Waals surface area contributed by atoms with Crippen LogP contribution in [0, 0.1) is 0 Å². The van der Waals surface area contributed by atoms with Crippen LogP contribution < -0.4 is 4.74 Å². The first kappa shape index (κ1) is 10.1. The number of hydrogen-bond donors (Lipinski definition) is 0. The molecule has 0 aliphatic rings. The molecule has 0 aliphatic carbocycles. The molecule has 0 unspecified atom stereocenters.